The molecule has 2 aromatic carbocycles. The fourth-order valence-electron chi connectivity index (χ4n) is 2.65. The molecule has 2 nitrogen and oxygen atoms in total. The van der Waals surface area contributed by atoms with Crippen molar-refractivity contribution < 1.29 is 9.18 Å². The molecule has 0 heterocycles. The first-order valence-electron chi connectivity index (χ1n) is 8.14. The Hall–Kier alpha value is -2.16. The number of benzene rings is 2. The second-order valence-corrected chi connectivity index (χ2v) is 6.25. The van der Waals surface area contributed by atoms with Gasteiger partial charge >= 0.3 is 0 Å². The van der Waals surface area contributed by atoms with Crippen LogP contribution in [0.5, 0.6) is 0 Å². The Kier molecular flexibility index (Phi) is 6.33. The van der Waals surface area contributed by atoms with Crippen LogP contribution in [-0.4, -0.2) is 5.91 Å². The van der Waals surface area contributed by atoms with Gasteiger partial charge < -0.3 is 5.32 Å². The third-order valence-electron chi connectivity index (χ3n) is 3.82. The van der Waals surface area contributed by atoms with Gasteiger partial charge in [0.15, 0.2) is 0 Å². The Bertz CT molecular complexity index is 625. The highest BCUT2D eigenvalue weighted by Crippen LogP contribution is 2.21. The zero-order valence-corrected chi connectivity index (χ0v) is 13.8. The Morgan fingerprint density at radius 2 is 1.70 bits per heavy atom. The van der Waals surface area contributed by atoms with Gasteiger partial charge in [-0.1, -0.05) is 62.4 Å². The van der Waals surface area contributed by atoms with Gasteiger partial charge in [0, 0.05) is 6.42 Å². The van der Waals surface area contributed by atoms with E-state index < -0.39 is 0 Å². The summed E-state index contributed by atoms with van der Waals surface area (Å²) >= 11 is 0. The van der Waals surface area contributed by atoms with Crippen LogP contribution in [0.1, 0.15) is 43.9 Å². The summed E-state index contributed by atoms with van der Waals surface area (Å²) in [6.45, 7) is 4.28. The molecular formula is C20H24FNO. The van der Waals surface area contributed by atoms with E-state index in [2.05, 4.69) is 19.2 Å². The molecule has 0 saturated carbocycles. The van der Waals surface area contributed by atoms with Crippen LogP contribution in [0.25, 0.3) is 0 Å². The Morgan fingerprint density at radius 3 is 2.35 bits per heavy atom. The topological polar surface area (TPSA) is 29.1 Å². The molecule has 0 aromatic heterocycles. The quantitative estimate of drug-likeness (QED) is 0.791. The lowest BCUT2D eigenvalue weighted by Gasteiger charge is -2.21. The zero-order valence-electron chi connectivity index (χ0n) is 13.8. The largest absolute Gasteiger partial charge is 0.349 e. The fraction of sp³-hybridized carbons (Fsp3) is 0.350. The standard InChI is InChI=1S/C20H24FNO/c1-15(2)14-19(17-9-4-3-5-10-17)22-20(23)13-12-16-8-6-7-11-18(16)21/h3-11,15,19H,12-14H2,1-2H3,(H,22,23). The number of carbonyl (C=O) groups excluding carboxylic acids is 1. The van der Waals surface area contributed by atoms with E-state index in [1.165, 1.54) is 6.07 Å². The molecular weight excluding hydrogens is 289 g/mol. The summed E-state index contributed by atoms with van der Waals surface area (Å²) in [6, 6.07) is 16.6. The van der Waals surface area contributed by atoms with Crippen LogP contribution in [0.4, 0.5) is 4.39 Å². The number of hydrogen-bond donors (Lipinski definition) is 1. The average Bonchev–Trinajstić information content (AvgIpc) is 2.54. The van der Waals surface area contributed by atoms with E-state index in [0.29, 0.717) is 24.3 Å². The lowest BCUT2D eigenvalue weighted by atomic mass is 9.96. The SMILES string of the molecule is CC(C)CC(NC(=O)CCc1ccccc1F)c1ccccc1. The molecule has 2 rings (SSSR count). The van der Waals surface area contributed by atoms with Gasteiger partial charge in [0.05, 0.1) is 6.04 Å². The number of amides is 1. The molecule has 23 heavy (non-hydrogen) atoms. The molecule has 1 N–H and O–H groups in total. The molecule has 0 aliphatic rings. The number of halogens is 1. The van der Waals surface area contributed by atoms with Crippen LogP contribution in [0.2, 0.25) is 0 Å². The Balaban J connectivity index is 1.96. The van der Waals surface area contributed by atoms with E-state index in [1.54, 1.807) is 18.2 Å². The molecule has 0 aliphatic heterocycles. The van der Waals surface area contributed by atoms with Gasteiger partial charge in [-0.2, -0.15) is 0 Å². The monoisotopic (exact) mass is 313 g/mol. The van der Waals surface area contributed by atoms with Gasteiger partial charge in [-0.25, -0.2) is 4.39 Å². The maximum Gasteiger partial charge on any atom is 0.220 e. The summed E-state index contributed by atoms with van der Waals surface area (Å²) in [7, 11) is 0. The minimum atomic E-state index is -0.248. The highest BCUT2D eigenvalue weighted by Gasteiger charge is 2.16. The molecule has 0 radical (unpaired) electrons. The van der Waals surface area contributed by atoms with Gasteiger partial charge in [0.25, 0.3) is 0 Å². The molecule has 122 valence electrons. The number of aryl methyl sites for hydroxylation is 1. The summed E-state index contributed by atoms with van der Waals surface area (Å²) in [5.41, 5.74) is 1.70. The summed E-state index contributed by atoms with van der Waals surface area (Å²) in [5, 5.41) is 3.09. The van der Waals surface area contributed by atoms with E-state index in [-0.39, 0.29) is 17.8 Å². The van der Waals surface area contributed by atoms with Crippen LogP contribution >= 0.6 is 0 Å². The molecule has 1 atom stereocenters. The van der Waals surface area contributed by atoms with Crippen molar-refractivity contribution >= 4 is 5.91 Å². The molecule has 1 amide bonds. The molecule has 0 bridgehead atoms. The van der Waals surface area contributed by atoms with Crippen molar-refractivity contribution in [1.82, 2.24) is 5.32 Å². The van der Waals surface area contributed by atoms with Crippen LogP contribution < -0.4 is 5.32 Å². The molecule has 0 aliphatic carbocycles. The van der Waals surface area contributed by atoms with Gasteiger partial charge in [-0.15, -0.1) is 0 Å². The molecule has 0 saturated heterocycles. The number of nitrogens with one attached hydrogen (secondary N) is 1. The molecule has 3 heteroatoms. The van der Waals surface area contributed by atoms with Crippen molar-refractivity contribution in [3.63, 3.8) is 0 Å². The van der Waals surface area contributed by atoms with E-state index in [0.717, 1.165) is 12.0 Å². The van der Waals surface area contributed by atoms with E-state index in [4.69, 9.17) is 0 Å². The third-order valence-corrected chi connectivity index (χ3v) is 3.82. The summed E-state index contributed by atoms with van der Waals surface area (Å²) in [4.78, 5) is 12.3. The lowest BCUT2D eigenvalue weighted by Crippen LogP contribution is -2.29. The van der Waals surface area contributed by atoms with Crippen molar-refractivity contribution in [3.05, 3.63) is 71.5 Å². The Labute approximate surface area is 137 Å². The highest BCUT2D eigenvalue weighted by molar-refractivity contribution is 5.76. The molecule has 2 aromatic rings. The fourth-order valence-corrected chi connectivity index (χ4v) is 2.65. The first-order chi connectivity index (χ1) is 11.1. The van der Waals surface area contributed by atoms with Crippen molar-refractivity contribution in [3.8, 4) is 0 Å². The summed E-state index contributed by atoms with van der Waals surface area (Å²) in [6.07, 6.45) is 1.60. The second kappa shape index (κ2) is 8.47. The summed E-state index contributed by atoms with van der Waals surface area (Å²) < 4.78 is 13.6. The summed E-state index contributed by atoms with van der Waals surface area (Å²) in [5.74, 6) is 0.192. The van der Waals surface area contributed by atoms with Crippen LogP contribution in [0.3, 0.4) is 0 Å². The maximum absolute atomic E-state index is 13.6. The first-order valence-corrected chi connectivity index (χ1v) is 8.14. The predicted octanol–water partition coefficient (Wildman–Crippen LogP) is 4.66. The van der Waals surface area contributed by atoms with Crippen molar-refractivity contribution in [2.24, 2.45) is 5.92 Å². The van der Waals surface area contributed by atoms with Gasteiger partial charge in [0.1, 0.15) is 5.82 Å². The maximum atomic E-state index is 13.6. The minimum Gasteiger partial charge on any atom is -0.349 e. The van der Waals surface area contributed by atoms with Gasteiger partial charge in [-0.3, -0.25) is 4.79 Å². The average molecular weight is 313 g/mol. The number of rotatable bonds is 7. The minimum absolute atomic E-state index is 0.00400. The van der Waals surface area contributed by atoms with Crippen molar-refractivity contribution in [2.75, 3.05) is 0 Å². The van der Waals surface area contributed by atoms with Crippen LogP contribution in [0.15, 0.2) is 54.6 Å². The smallest absolute Gasteiger partial charge is 0.220 e. The van der Waals surface area contributed by atoms with E-state index in [9.17, 15) is 9.18 Å². The predicted molar refractivity (Wildman–Crippen MR) is 91.5 cm³/mol. The highest BCUT2D eigenvalue weighted by atomic mass is 19.1. The van der Waals surface area contributed by atoms with E-state index in [1.807, 2.05) is 30.3 Å². The molecule has 0 fully saturated rings. The van der Waals surface area contributed by atoms with Crippen LogP contribution in [0, 0.1) is 11.7 Å². The lowest BCUT2D eigenvalue weighted by molar-refractivity contribution is -0.121. The molecule has 0 spiro atoms. The van der Waals surface area contributed by atoms with Gasteiger partial charge in [0.2, 0.25) is 5.91 Å². The second-order valence-electron chi connectivity index (χ2n) is 6.25. The van der Waals surface area contributed by atoms with Crippen molar-refractivity contribution in [2.45, 2.75) is 39.2 Å². The number of carbonyl (C=O) groups is 1. The van der Waals surface area contributed by atoms with E-state index >= 15 is 0 Å². The number of hydrogen-bond acceptors (Lipinski definition) is 1. The van der Waals surface area contributed by atoms with Crippen LogP contribution in [-0.2, 0) is 11.2 Å². The van der Waals surface area contributed by atoms with Crippen molar-refractivity contribution in [1.29, 1.82) is 0 Å². The first kappa shape index (κ1) is 17.2. The zero-order chi connectivity index (χ0) is 16.7. The molecule has 1 unspecified atom stereocenters. The van der Waals surface area contributed by atoms with Gasteiger partial charge in [-0.05, 0) is 36.0 Å². The third kappa shape index (κ3) is 5.51. The normalized spacial score (nSPS) is 12.2. The Morgan fingerprint density at radius 1 is 1.04 bits per heavy atom.